The number of aryl methyl sites for hydroxylation is 1. The summed E-state index contributed by atoms with van der Waals surface area (Å²) in [4.78, 5) is 15.1. The van der Waals surface area contributed by atoms with Crippen LogP contribution in [0.2, 0.25) is 0 Å². The Morgan fingerprint density at radius 1 is 1.04 bits per heavy atom. The number of benzene rings is 2. The third-order valence-corrected chi connectivity index (χ3v) is 4.65. The highest BCUT2D eigenvalue weighted by atomic mass is 16.5. The van der Waals surface area contributed by atoms with Crippen LogP contribution in [0.25, 0.3) is 0 Å². The van der Waals surface area contributed by atoms with E-state index in [4.69, 9.17) is 14.2 Å². The van der Waals surface area contributed by atoms with Crippen molar-refractivity contribution in [1.82, 2.24) is 0 Å². The maximum Gasteiger partial charge on any atom is 0.258 e. The Morgan fingerprint density at radius 2 is 1.68 bits per heavy atom. The summed E-state index contributed by atoms with van der Waals surface area (Å²) < 4.78 is 16.1. The number of hydrogen-bond donors (Lipinski definition) is 0. The first-order chi connectivity index (χ1) is 12.1. The Labute approximate surface area is 148 Å². The number of rotatable bonds is 4. The van der Waals surface area contributed by atoms with Gasteiger partial charge in [-0.15, -0.1) is 0 Å². The van der Waals surface area contributed by atoms with E-state index in [9.17, 15) is 4.79 Å². The summed E-state index contributed by atoms with van der Waals surface area (Å²) >= 11 is 0. The standard InChI is InChI=1S/C20H23NO4/c1-13-9-10-14-7-5-6-8-16(14)21(13)20(22)15-11-17(23-2)19(25-4)18(12-15)24-3/h5-8,11-13H,9-10H2,1-4H3/t13-/m1/s1. The highest BCUT2D eigenvalue weighted by molar-refractivity contribution is 6.07. The molecule has 132 valence electrons. The predicted molar refractivity (Wildman–Crippen MR) is 97.1 cm³/mol. The summed E-state index contributed by atoms with van der Waals surface area (Å²) in [6.07, 6.45) is 1.92. The molecule has 5 nitrogen and oxygen atoms in total. The van der Waals surface area contributed by atoms with Gasteiger partial charge in [0.1, 0.15) is 0 Å². The zero-order valence-electron chi connectivity index (χ0n) is 15.0. The second-order valence-corrected chi connectivity index (χ2v) is 6.11. The molecule has 1 atom stereocenters. The van der Waals surface area contributed by atoms with E-state index in [2.05, 4.69) is 13.0 Å². The maximum atomic E-state index is 13.3. The van der Waals surface area contributed by atoms with Gasteiger partial charge in [0.15, 0.2) is 11.5 Å². The molecule has 0 radical (unpaired) electrons. The van der Waals surface area contributed by atoms with Crippen LogP contribution in [0, 0.1) is 0 Å². The number of ether oxygens (including phenoxy) is 3. The van der Waals surface area contributed by atoms with Crippen LogP contribution in [0.1, 0.15) is 29.3 Å². The minimum absolute atomic E-state index is 0.0705. The molecular weight excluding hydrogens is 318 g/mol. The molecule has 0 fully saturated rings. The van der Waals surface area contributed by atoms with Crippen molar-refractivity contribution in [3.05, 3.63) is 47.5 Å². The van der Waals surface area contributed by atoms with E-state index in [0.29, 0.717) is 22.8 Å². The van der Waals surface area contributed by atoms with Crippen LogP contribution in [0.5, 0.6) is 17.2 Å². The van der Waals surface area contributed by atoms with Crippen molar-refractivity contribution < 1.29 is 19.0 Å². The number of carbonyl (C=O) groups is 1. The van der Waals surface area contributed by atoms with Crippen LogP contribution < -0.4 is 19.1 Å². The molecule has 2 aromatic carbocycles. The topological polar surface area (TPSA) is 48.0 Å². The SMILES string of the molecule is COc1cc(C(=O)N2c3ccccc3CC[C@H]2C)cc(OC)c1OC. The molecule has 0 N–H and O–H groups in total. The van der Waals surface area contributed by atoms with Crippen molar-refractivity contribution in [2.24, 2.45) is 0 Å². The summed E-state index contributed by atoms with van der Waals surface area (Å²) in [5, 5.41) is 0. The van der Waals surface area contributed by atoms with Gasteiger partial charge in [0.25, 0.3) is 5.91 Å². The molecule has 0 aromatic heterocycles. The number of carbonyl (C=O) groups excluding carboxylic acids is 1. The molecule has 0 unspecified atom stereocenters. The zero-order chi connectivity index (χ0) is 18.0. The summed E-state index contributed by atoms with van der Waals surface area (Å²) in [6, 6.07) is 11.6. The molecular formula is C20H23NO4. The fraction of sp³-hybridized carbons (Fsp3) is 0.350. The number of methoxy groups -OCH3 is 3. The summed E-state index contributed by atoms with van der Waals surface area (Å²) in [6.45, 7) is 2.08. The number of anilines is 1. The van der Waals surface area contributed by atoms with Crippen LogP contribution in [0.4, 0.5) is 5.69 Å². The molecule has 1 aliphatic rings. The Bertz CT molecular complexity index is 762. The lowest BCUT2D eigenvalue weighted by Gasteiger charge is -2.35. The number of fused-ring (bicyclic) bond motifs is 1. The summed E-state index contributed by atoms with van der Waals surface area (Å²) in [7, 11) is 4.64. The van der Waals surface area contributed by atoms with Gasteiger partial charge in [0.05, 0.1) is 21.3 Å². The molecule has 0 spiro atoms. The highest BCUT2D eigenvalue weighted by Crippen LogP contribution is 2.39. The van der Waals surface area contributed by atoms with Gasteiger partial charge in [-0.25, -0.2) is 0 Å². The molecule has 5 heteroatoms. The lowest BCUT2D eigenvalue weighted by Crippen LogP contribution is -2.42. The van der Waals surface area contributed by atoms with Gasteiger partial charge in [-0.2, -0.15) is 0 Å². The second-order valence-electron chi connectivity index (χ2n) is 6.11. The molecule has 1 amide bonds. The van der Waals surface area contributed by atoms with Crippen LogP contribution in [-0.2, 0) is 6.42 Å². The minimum atomic E-state index is -0.0705. The fourth-order valence-electron chi connectivity index (χ4n) is 3.34. The van der Waals surface area contributed by atoms with E-state index in [-0.39, 0.29) is 11.9 Å². The number of amides is 1. The lowest BCUT2D eigenvalue weighted by molar-refractivity contribution is 0.0974. The van der Waals surface area contributed by atoms with Crippen LogP contribution in [-0.4, -0.2) is 33.3 Å². The van der Waals surface area contributed by atoms with Crippen LogP contribution in [0.3, 0.4) is 0 Å². The average molecular weight is 341 g/mol. The Hall–Kier alpha value is -2.69. The quantitative estimate of drug-likeness (QED) is 0.851. The Morgan fingerprint density at radius 3 is 2.28 bits per heavy atom. The molecule has 25 heavy (non-hydrogen) atoms. The molecule has 2 aromatic rings. The normalized spacial score (nSPS) is 16.2. The van der Waals surface area contributed by atoms with Crippen LogP contribution >= 0.6 is 0 Å². The van der Waals surface area contributed by atoms with Gasteiger partial charge < -0.3 is 19.1 Å². The number of para-hydroxylation sites is 1. The third-order valence-electron chi connectivity index (χ3n) is 4.65. The van der Waals surface area contributed by atoms with Crippen molar-refractivity contribution in [3.63, 3.8) is 0 Å². The summed E-state index contributed by atoms with van der Waals surface area (Å²) in [5.74, 6) is 1.36. The monoisotopic (exact) mass is 341 g/mol. The Balaban J connectivity index is 2.07. The van der Waals surface area contributed by atoms with E-state index in [1.165, 1.54) is 5.56 Å². The van der Waals surface area contributed by atoms with Crippen molar-refractivity contribution >= 4 is 11.6 Å². The van der Waals surface area contributed by atoms with Gasteiger partial charge in [-0.05, 0) is 43.5 Å². The molecule has 0 saturated carbocycles. The predicted octanol–water partition coefficient (Wildman–Crippen LogP) is 3.69. The zero-order valence-corrected chi connectivity index (χ0v) is 15.0. The first-order valence-electron chi connectivity index (χ1n) is 8.32. The van der Waals surface area contributed by atoms with Crippen molar-refractivity contribution in [1.29, 1.82) is 0 Å². The van der Waals surface area contributed by atoms with E-state index >= 15 is 0 Å². The van der Waals surface area contributed by atoms with Gasteiger partial charge >= 0.3 is 0 Å². The van der Waals surface area contributed by atoms with Crippen molar-refractivity contribution in [2.75, 3.05) is 26.2 Å². The van der Waals surface area contributed by atoms with Crippen molar-refractivity contribution in [2.45, 2.75) is 25.8 Å². The molecule has 0 saturated heterocycles. The van der Waals surface area contributed by atoms with E-state index < -0.39 is 0 Å². The second kappa shape index (κ2) is 7.05. The van der Waals surface area contributed by atoms with Gasteiger partial charge in [0.2, 0.25) is 5.75 Å². The molecule has 1 aliphatic heterocycles. The minimum Gasteiger partial charge on any atom is -0.493 e. The maximum absolute atomic E-state index is 13.3. The van der Waals surface area contributed by atoms with Gasteiger partial charge in [-0.1, -0.05) is 18.2 Å². The lowest BCUT2D eigenvalue weighted by atomic mass is 9.95. The highest BCUT2D eigenvalue weighted by Gasteiger charge is 2.30. The number of nitrogens with zero attached hydrogens (tertiary/aromatic N) is 1. The number of hydrogen-bond acceptors (Lipinski definition) is 4. The van der Waals surface area contributed by atoms with Gasteiger partial charge in [0, 0.05) is 17.3 Å². The molecule has 3 rings (SSSR count). The molecule has 0 aliphatic carbocycles. The van der Waals surface area contributed by atoms with E-state index in [1.807, 2.05) is 23.1 Å². The smallest absolute Gasteiger partial charge is 0.258 e. The molecule has 1 heterocycles. The molecule has 0 bridgehead atoms. The Kier molecular flexibility index (Phi) is 4.83. The summed E-state index contributed by atoms with van der Waals surface area (Å²) in [5.41, 5.74) is 2.68. The third kappa shape index (κ3) is 3.02. The van der Waals surface area contributed by atoms with Crippen molar-refractivity contribution in [3.8, 4) is 17.2 Å². The fourth-order valence-corrected chi connectivity index (χ4v) is 3.34. The first kappa shape index (κ1) is 17.1. The van der Waals surface area contributed by atoms with E-state index in [1.54, 1.807) is 33.5 Å². The average Bonchev–Trinajstić information content (AvgIpc) is 2.66. The first-order valence-corrected chi connectivity index (χ1v) is 8.32. The van der Waals surface area contributed by atoms with Crippen LogP contribution in [0.15, 0.2) is 36.4 Å². The van der Waals surface area contributed by atoms with Gasteiger partial charge in [-0.3, -0.25) is 4.79 Å². The largest absolute Gasteiger partial charge is 0.493 e. The van der Waals surface area contributed by atoms with E-state index in [0.717, 1.165) is 18.5 Å².